The molecule has 0 spiro atoms. The number of carboxylic acids is 1. The van der Waals surface area contributed by atoms with E-state index in [1.165, 1.54) is 36.4 Å². The zero-order chi connectivity index (χ0) is 26.9. The van der Waals surface area contributed by atoms with Crippen molar-refractivity contribution in [2.45, 2.75) is 37.3 Å². The number of aromatic carboxylic acids is 1. The van der Waals surface area contributed by atoms with Crippen LogP contribution in [0.2, 0.25) is 0 Å². The van der Waals surface area contributed by atoms with Crippen LogP contribution in [0, 0.1) is 0 Å². The van der Waals surface area contributed by atoms with Crippen LogP contribution in [0.3, 0.4) is 0 Å². The minimum absolute atomic E-state index is 0.0233. The monoisotopic (exact) mass is 531 g/mol. The van der Waals surface area contributed by atoms with Gasteiger partial charge in [-0.3, -0.25) is 19.1 Å². The molecule has 196 valence electrons. The summed E-state index contributed by atoms with van der Waals surface area (Å²) in [7, 11) is -4.25. The molecular weight excluding hydrogens is 504 g/mol. The van der Waals surface area contributed by atoms with Crippen LogP contribution >= 0.6 is 7.60 Å². The molecule has 2 aliphatic heterocycles. The standard InChI is InChI=1S/C23H27BN3O9P/c1-27-11-3-6-17(27)21(28)26-19(13-7-9-15(10-8-13)37(33,34)35)22(29)25-18-12-14-4-2-5-16(23(30)31)20(14)36-24(18)32/h2,4-5,7-10,17-19,32H,3,6,11-12H2,1H3,(H,25,29)(H,26,28)(H,30,31)(H2,33,34,35)/t17-,18+,19?/m1/s1. The molecule has 3 atom stereocenters. The maximum atomic E-state index is 13.4. The lowest BCUT2D eigenvalue weighted by molar-refractivity contribution is -0.131. The van der Waals surface area contributed by atoms with Gasteiger partial charge in [0.15, 0.2) is 0 Å². The van der Waals surface area contributed by atoms with Gasteiger partial charge in [0.1, 0.15) is 11.8 Å². The molecule has 12 nitrogen and oxygen atoms in total. The summed E-state index contributed by atoms with van der Waals surface area (Å²) in [4.78, 5) is 58.6. The van der Waals surface area contributed by atoms with Crippen molar-refractivity contribution < 1.29 is 43.5 Å². The third-order valence-electron chi connectivity index (χ3n) is 6.61. The fourth-order valence-corrected chi connectivity index (χ4v) is 5.16. The normalized spacial score (nSPS) is 20.5. The van der Waals surface area contributed by atoms with E-state index >= 15 is 0 Å². The number of carbonyl (C=O) groups is 3. The van der Waals surface area contributed by atoms with Gasteiger partial charge < -0.3 is 35.2 Å². The number of benzene rings is 2. The molecule has 6 N–H and O–H groups in total. The molecule has 2 heterocycles. The van der Waals surface area contributed by atoms with Crippen molar-refractivity contribution in [1.29, 1.82) is 0 Å². The number of carboxylic acid groups (broad SMARTS) is 1. The lowest BCUT2D eigenvalue weighted by Crippen LogP contribution is -2.56. The zero-order valence-corrected chi connectivity index (χ0v) is 20.8. The number of rotatable bonds is 7. The Morgan fingerprint density at radius 2 is 1.86 bits per heavy atom. The van der Waals surface area contributed by atoms with E-state index < -0.39 is 44.6 Å². The van der Waals surface area contributed by atoms with Crippen molar-refractivity contribution in [2.75, 3.05) is 13.6 Å². The summed E-state index contributed by atoms with van der Waals surface area (Å²) < 4.78 is 17.0. The number of likely N-dealkylation sites (N-methyl/N-ethyl adjacent to an activating group) is 1. The second-order valence-corrected chi connectivity index (χ2v) is 10.7. The summed E-state index contributed by atoms with van der Waals surface area (Å²) in [6.45, 7) is 0.731. The van der Waals surface area contributed by atoms with Crippen molar-refractivity contribution in [3.8, 4) is 5.75 Å². The van der Waals surface area contributed by atoms with E-state index in [4.69, 9.17) is 4.65 Å². The quantitative estimate of drug-likeness (QED) is 0.203. The first-order valence-electron chi connectivity index (χ1n) is 11.6. The Morgan fingerprint density at radius 3 is 2.46 bits per heavy atom. The van der Waals surface area contributed by atoms with Gasteiger partial charge in [0.2, 0.25) is 11.8 Å². The molecular formula is C23H27BN3O9P. The molecule has 1 unspecified atom stereocenters. The molecule has 2 aromatic carbocycles. The summed E-state index contributed by atoms with van der Waals surface area (Å²) in [5.41, 5.74) is 0.649. The van der Waals surface area contributed by atoms with Crippen LogP contribution < -0.4 is 20.6 Å². The third-order valence-corrected chi connectivity index (χ3v) is 7.58. The second kappa shape index (κ2) is 10.6. The molecule has 2 aromatic rings. The number of para-hydroxylation sites is 1. The Bertz CT molecular complexity index is 1250. The molecule has 4 rings (SSSR count). The van der Waals surface area contributed by atoms with Crippen molar-refractivity contribution in [2.24, 2.45) is 0 Å². The number of hydrogen-bond acceptors (Lipinski definition) is 7. The van der Waals surface area contributed by atoms with Gasteiger partial charge in [-0.2, -0.15) is 0 Å². The molecule has 2 amide bonds. The Kier molecular flexibility index (Phi) is 7.72. The summed E-state index contributed by atoms with van der Waals surface area (Å²) in [6.07, 6.45) is 1.52. The van der Waals surface area contributed by atoms with Crippen LogP contribution in [0.1, 0.15) is 40.4 Å². The van der Waals surface area contributed by atoms with Crippen LogP contribution in [-0.2, 0) is 20.6 Å². The molecule has 0 aromatic heterocycles. The molecule has 0 bridgehead atoms. The fourth-order valence-electron chi connectivity index (χ4n) is 4.62. The number of hydrogen-bond donors (Lipinski definition) is 6. The van der Waals surface area contributed by atoms with E-state index in [9.17, 15) is 38.9 Å². The predicted molar refractivity (Wildman–Crippen MR) is 132 cm³/mol. The summed E-state index contributed by atoms with van der Waals surface area (Å²) in [5, 5.41) is 25.1. The van der Waals surface area contributed by atoms with Gasteiger partial charge in [-0.15, -0.1) is 0 Å². The Labute approximate surface area is 212 Å². The first kappa shape index (κ1) is 26.8. The van der Waals surface area contributed by atoms with Crippen molar-refractivity contribution in [3.63, 3.8) is 0 Å². The van der Waals surface area contributed by atoms with Gasteiger partial charge >= 0.3 is 20.7 Å². The minimum atomic E-state index is -4.51. The minimum Gasteiger partial charge on any atom is -0.534 e. The van der Waals surface area contributed by atoms with Crippen LogP contribution in [0.25, 0.3) is 0 Å². The molecule has 2 aliphatic rings. The lowest BCUT2D eigenvalue weighted by atomic mass is 9.72. The third kappa shape index (κ3) is 5.86. The van der Waals surface area contributed by atoms with Crippen LogP contribution in [0.15, 0.2) is 42.5 Å². The molecule has 1 saturated heterocycles. The number of fused-ring (bicyclic) bond motifs is 1. The van der Waals surface area contributed by atoms with Crippen molar-refractivity contribution >= 4 is 37.8 Å². The highest BCUT2D eigenvalue weighted by molar-refractivity contribution is 7.60. The highest BCUT2D eigenvalue weighted by Crippen LogP contribution is 2.33. The molecule has 0 aliphatic carbocycles. The number of amides is 2. The van der Waals surface area contributed by atoms with E-state index in [1.54, 1.807) is 13.1 Å². The van der Waals surface area contributed by atoms with Crippen molar-refractivity contribution in [1.82, 2.24) is 15.5 Å². The van der Waals surface area contributed by atoms with E-state index in [0.29, 0.717) is 12.0 Å². The molecule has 0 radical (unpaired) electrons. The van der Waals surface area contributed by atoms with E-state index in [-0.39, 0.29) is 34.5 Å². The van der Waals surface area contributed by atoms with Gasteiger partial charge in [-0.25, -0.2) is 4.79 Å². The zero-order valence-electron chi connectivity index (χ0n) is 19.9. The molecule has 0 saturated carbocycles. The maximum absolute atomic E-state index is 13.4. The van der Waals surface area contributed by atoms with Gasteiger partial charge in [0.25, 0.3) is 0 Å². The fraction of sp³-hybridized carbons (Fsp3) is 0.348. The number of likely N-dealkylation sites (tertiary alicyclic amines) is 1. The Morgan fingerprint density at radius 1 is 1.16 bits per heavy atom. The number of nitrogens with one attached hydrogen (secondary N) is 2. The molecule has 14 heteroatoms. The SMILES string of the molecule is CN1CCC[C@@H]1C(=O)NC(C(=O)N[C@H]1Cc2cccc(C(=O)O)c2OB1O)c1ccc(P(=O)(O)O)cc1. The Hall–Kier alpha value is -3.22. The summed E-state index contributed by atoms with van der Waals surface area (Å²) in [6, 6.07) is 7.91. The second-order valence-electron chi connectivity index (χ2n) is 9.14. The van der Waals surface area contributed by atoms with E-state index in [2.05, 4.69) is 10.6 Å². The first-order valence-corrected chi connectivity index (χ1v) is 13.2. The van der Waals surface area contributed by atoms with E-state index in [1.807, 2.05) is 4.90 Å². The van der Waals surface area contributed by atoms with Crippen molar-refractivity contribution in [3.05, 3.63) is 59.2 Å². The van der Waals surface area contributed by atoms with Crippen LogP contribution in [0.4, 0.5) is 0 Å². The van der Waals surface area contributed by atoms with Gasteiger partial charge in [0, 0.05) is 0 Å². The van der Waals surface area contributed by atoms with E-state index in [0.717, 1.165) is 13.0 Å². The summed E-state index contributed by atoms with van der Waals surface area (Å²) in [5.74, 6) is -3.20. The average molecular weight is 531 g/mol. The van der Waals surface area contributed by atoms with Gasteiger partial charge in [-0.05, 0) is 62.2 Å². The average Bonchev–Trinajstić information content (AvgIpc) is 3.27. The summed E-state index contributed by atoms with van der Waals surface area (Å²) >= 11 is 0. The lowest BCUT2D eigenvalue weighted by Gasteiger charge is -2.30. The topological polar surface area (TPSA) is 186 Å². The number of carbonyl (C=O) groups excluding carboxylic acids is 2. The smallest absolute Gasteiger partial charge is 0.534 e. The first-order chi connectivity index (χ1) is 17.5. The highest BCUT2D eigenvalue weighted by atomic mass is 31.2. The molecule has 1 fully saturated rings. The van der Waals surface area contributed by atoms with Crippen LogP contribution in [-0.4, -0.2) is 75.3 Å². The largest absolute Gasteiger partial charge is 0.547 e. The van der Waals surface area contributed by atoms with Gasteiger partial charge in [-0.1, -0.05) is 24.3 Å². The van der Waals surface area contributed by atoms with Crippen LogP contribution in [0.5, 0.6) is 5.75 Å². The molecule has 37 heavy (non-hydrogen) atoms. The highest BCUT2D eigenvalue weighted by Gasteiger charge is 2.40. The Balaban J connectivity index is 1.58. The maximum Gasteiger partial charge on any atom is 0.547 e. The van der Waals surface area contributed by atoms with Gasteiger partial charge in [0.05, 0.1) is 22.9 Å². The number of nitrogens with zero attached hydrogens (tertiary/aromatic N) is 1. The predicted octanol–water partition coefficient (Wildman–Crippen LogP) is -0.421.